The fourth-order valence-electron chi connectivity index (χ4n) is 3.61. The first-order chi connectivity index (χ1) is 14.5. The second kappa shape index (κ2) is 9.52. The van der Waals surface area contributed by atoms with E-state index in [1.165, 1.54) is 21.3 Å². The summed E-state index contributed by atoms with van der Waals surface area (Å²) >= 11 is 0. The minimum absolute atomic E-state index is 0.00117. The Bertz CT molecular complexity index is 877. The van der Waals surface area contributed by atoms with Crippen molar-refractivity contribution in [1.29, 1.82) is 0 Å². The average Bonchev–Trinajstić information content (AvgIpc) is 2.79. The van der Waals surface area contributed by atoms with Gasteiger partial charge in [0.1, 0.15) is 0 Å². The number of rotatable bonds is 6. The van der Waals surface area contributed by atoms with E-state index < -0.39 is 0 Å². The van der Waals surface area contributed by atoms with Crippen LogP contribution in [-0.4, -0.2) is 51.1 Å². The highest BCUT2D eigenvalue weighted by molar-refractivity contribution is 5.96. The summed E-state index contributed by atoms with van der Waals surface area (Å²) in [5, 5.41) is 2.97. The van der Waals surface area contributed by atoms with Crippen LogP contribution in [0, 0.1) is 12.8 Å². The number of anilines is 1. The Morgan fingerprint density at radius 2 is 1.50 bits per heavy atom. The highest BCUT2D eigenvalue weighted by atomic mass is 16.5. The maximum atomic E-state index is 13.0. The molecule has 0 aromatic heterocycles. The first-order valence-corrected chi connectivity index (χ1v) is 9.93. The van der Waals surface area contributed by atoms with Gasteiger partial charge in [0.2, 0.25) is 11.7 Å². The SMILES string of the molecule is COc1cc(C(=O)N2CCC(C(=O)Nc3ccc(C)cc3)CC2)cc(OC)c1OC. The fourth-order valence-corrected chi connectivity index (χ4v) is 3.61. The molecular weight excluding hydrogens is 384 g/mol. The van der Waals surface area contributed by atoms with E-state index in [0.717, 1.165) is 11.3 Å². The lowest BCUT2D eigenvalue weighted by atomic mass is 9.95. The first kappa shape index (κ1) is 21.5. The van der Waals surface area contributed by atoms with Gasteiger partial charge in [0.05, 0.1) is 21.3 Å². The van der Waals surface area contributed by atoms with Gasteiger partial charge in [0, 0.05) is 30.3 Å². The molecule has 1 saturated heterocycles. The van der Waals surface area contributed by atoms with Crippen LogP contribution in [0.5, 0.6) is 17.2 Å². The van der Waals surface area contributed by atoms with Crippen molar-refractivity contribution in [2.24, 2.45) is 5.92 Å². The zero-order valence-electron chi connectivity index (χ0n) is 17.9. The van der Waals surface area contributed by atoms with E-state index in [2.05, 4.69) is 5.32 Å². The number of nitrogens with zero attached hydrogens (tertiary/aromatic N) is 1. The second-order valence-corrected chi connectivity index (χ2v) is 7.34. The molecule has 0 radical (unpaired) electrons. The molecule has 1 heterocycles. The molecule has 7 heteroatoms. The van der Waals surface area contributed by atoms with E-state index in [1.54, 1.807) is 17.0 Å². The van der Waals surface area contributed by atoms with Gasteiger partial charge in [-0.15, -0.1) is 0 Å². The fraction of sp³-hybridized carbons (Fsp3) is 0.391. The largest absolute Gasteiger partial charge is 0.493 e. The van der Waals surface area contributed by atoms with Crippen LogP contribution in [0.2, 0.25) is 0 Å². The van der Waals surface area contributed by atoms with Crippen LogP contribution in [0.3, 0.4) is 0 Å². The Morgan fingerprint density at radius 1 is 0.933 bits per heavy atom. The van der Waals surface area contributed by atoms with E-state index in [-0.39, 0.29) is 17.7 Å². The van der Waals surface area contributed by atoms with Crippen LogP contribution in [0.4, 0.5) is 5.69 Å². The molecule has 7 nitrogen and oxygen atoms in total. The number of carbonyl (C=O) groups is 2. The van der Waals surface area contributed by atoms with Gasteiger partial charge in [0.15, 0.2) is 11.5 Å². The van der Waals surface area contributed by atoms with Crippen molar-refractivity contribution < 1.29 is 23.8 Å². The molecule has 1 aliphatic rings. The number of hydrogen-bond donors (Lipinski definition) is 1. The molecule has 0 saturated carbocycles. The van der Waals surface area contributed by atoms with Gasteiger partial charge in [-0.3, -0.25) is 9.59 Å². The molecule has 1 aliphatic heterocycles. The van der Waals surface area contributed by atoms with E-state index >= 15 is 0 Å². The van der Waals surface area contributed by atoms with Crippen molar-refractivity contribution in [3.8, 4) is 17.2 Å². The topological polar surface area (TPSA) is 77.1 Å². The number of piperidine rings is 1. The summed E-state index contributed by atoms with van der Waals surface area (Å²) in [7, 11) is 4.56. The van der Waals surface area contributed by atoms with Crippen LogP contribution in [0.1, 0.15) is 28.8 Å². The lowest BCUT2D eigenvalue weighted by Gasteiger charge is -2.31. The zero-order valence-corrected chi connectivity index (χ0v) is 17.9. The molecule has 1 N–H and O–H groups in total. The van der Waals surface area contributed by atoms with Crippen molar-refractivity contribution in [2.75, 3.05) is 39.7 Å². The predicted molar refractivity (Wildman–Crippen MR) is 115 cm³/mol. The molecule has 0 atom stereocenters. The van der Waals surface area contributed by atoms with E-state index in [0.29, 0.717) is 48.7 Å². The van der Waals surface area contributed by atoms with Gasteiger partial charge >= 0.3 is 0 Å². The highest BCUT2D eigenvalue weighted by Gasteiger charge is 2.29. The average molecular weight is 412 g/mol. The molecule has 2 aromatic carbocycles. The van der Waals surface area contributed by atoms with Crippen LogP contribution < -0.4 is 19.5 Å². The molecule has 0 bridgehead atoms. The van der Waals surface area contributed by atoms with E-state index in [1.807, 2.05) is 31.2 Å². The molecule has 0 aliphatic carbocycles. The smallest absolute Gasteiger partial charge is 0.254 e. The molecule has 0 unspecified atom stereocenters. The van der Waals surface area contributed by atoms with Crippen LogP contribution in [0.25, 0.3) is 0 Å². The maximum Gasteiger partial charge on any atom is 0.254 e. The van der Waals surface area contributed by atoms with Gasteiger partial charge in [-0.25, -0.2) is 0 Å². The monoisotopic (exact) mass is 412 g/mol. The summed E-state index contributed by atoms with van der Waals surface area (Å²) < 4.78 is 16.0. The van der Waals surface area contributed by atoms with E-state index in [4.69, 9.17) is 14.2 Å². The Hall–Kier alpha value is -3.22. The number of aryl methyl sites for hydroxylation is 1. The van der Waals surface area contributed by atoms with Crippen molar-refractivity contribution in [3.63, 3.8) is 0 Å². The highest BCUT2D eigenvalue weighted by Crippen LogP contribution is 2.38. The van der Waals surface area contributed by atoms with Gasteiger partial charge in [0.25, 0.3) is 5.91 Å². The maximum absolute atomic E-state index is 13.0. The molecule has 160 valence electrons. The van der Waals surface area contributed by atoms with Crippen LogP contribution in [0.15, 0.2) is 36.4 Å². The lowest BCUT2D eigenvalue weighted by Crippen LogP contribution is -2.41. The second-order valence-electron chi connectivity index (χ2n) is 7.34. The number of nitrogens with one attached hydrogen (secondary N) is 1. The van der Waals surface area contributed by atoms with E-state index in [9.17, 15) is 9.59 Å². The normalized spacial score (nSPS) is 14.2. The molecule has 2 aromatic rings. The third kappa shape index (κ3) is 4.67. The number of methoxy groups -OCH3 is 3. The molecular formula is C23H28N2O5. The third-order valence-electron chi connectivity index (χ3n) is 5.38. The van der Waals surface area contributed by atoms with Gasteiger partial charge in [-0.05, 0) is 44.0 Å². The summed E-state index contributed by atoms with van der Waals surface area (Å²) in [6.45, 7) is 3.04. The standard InChI is InChI=1S/C23H28N2O5/c1-15-5-7-18(8-6-15)24-22(26)16-9-11-25(12-10-16)23(27)17-13-19(28-2)21(30-4)20(14-17)29-3/h5-8,13-14,16H,9-12H2,1-4H3,(H,24,26). The zero-order chi connectivity index (χ0) is 21.7. The number of hydrogen-bond acceptors (Lipinski definition) is 5. The Balaban J connectivity index is 1.64. The van der Waals surface area contributed by atoms with Crippen LogP contribution >= 0.6 is 0 Å². The van der Waals surface area contributed by atoms with Gasteiger partial charge in [-0.1, -0.05) is 17.7 Å². The number of ether oxygens (including phenoxy) is 3. The summed E-state index contributed by atoms with van der Waals surface area (Å²) in [4.78, 5) is 27.3. The number of likely N-dealkylation sites (tertiary alicyclic amines) is 1. The van der Waals surface area contributed by atoms with Crippen molar-refractivity contribution >= 4 is 17.5 Å². The van der Waals surface area contributed by atoms with Crippen molar-refractivity contribution in [3.05, 3.63) is 47.5 Å². The van der Waals surface area contributed by atoms with Gasteiger partial charge < -0.3 is 24.4 Å². The van der Waals surface area contributed by atoms with Crippen molar-refractivity contribution in [2.45, 2.75) is 19.8 Å². The number of amides is 2. The summed E-state index contributed by atoms with van der Waals surface area (Å²) in [6, 6.07) is 11.0. The molecule has 0 spiro atoms. The first-order valence-electron chi connectivity index (χ1n) is 9.93. The summed E-state index contributed by atoms with van der Waals surface area (Å²) in [5.74, 6) is 1.09. The molecule has 30 heavy (non-hydrogen) atoms. The minimum Gasteiger partial charge on any atom is -0.493 e. The number of carbonyl (C=O) groups excluding carboxylic acids is 2. The quantitative estimate of drug-likeness (QED) is 0.786. The summed E-state index contributed by atoms with van der Waals surface area (Å²) in [5.41, 5.74) is 2.40. The third-order valence-corrected chi connectivity index (χ3v) is 5.38. The van der Waals surface area contributed by atoms with Crippen molar-refractivity contribution in [1.82, 2.24) is 4.90 Å². The predicted octanol–water partition coefficient (Wildman–Crippen LogP) is 3.51. The summed E-state index contributed by atoms with van der Waals surface area (Å²) in [6.07, 6.45) is 1.24. The minimum atomic E-state index is -0.119. The van der Waals surface area contributed by atoms with Crippen LogP contribution in [-0.2, 0) is 4.79 Å². The Morgan fingerprint density at radius 3 is 2.00 bits per heavy atom. The lowest BCUT2D eigenvalue weighted by molar-refractivity contribution is -0.121. The Kier molecular flexibility index (Phi) is 6.82. The van der Waals surface area contributed by atoms with Gasteiger partial charge in [-0.2, -0.15) is 0 Å². The number of benzene rings is 2. The molecule has 3 rings (SSSR count). The molecule has 1 fully saturated rings. The Labute approximate surface area is 176 Å². The molecule has 2 amide bonds.